The number of aryl methyl sites for hydroxylation is 1. The standard InChI is InChI=1S/C29H46OSSi/c1-23(2)29(6,7)32(8,9)30-21-20-25-14-12-24(13-15-25)11-10-22-31-27-18-16-26(17-19-27)28(3,4)5/h12-19,23H,10-11,20-22H2,1-9H3. The van der Waals surface area contributed by atoms with Crippen molar-refractivity contribution in [2.75, 3.05) is 12.4 Å². The van der Waals surface area contributed by atoms with Gasteiger partial charge in [0.15, 0.2) is 8.32 Å². The van der Waals surface area contributed by atoms with Gasteiger partial charge < -0.3 is 4.43 Å². The molecule has 2 aromatic rings. The Hall–Kier alpha value is -1.03. The van der Waals surface area contributed by atoms with Gasteiger partial charge in [-0.15, -0.1) is 11.8 Å². The molecule has 0 heterocycles. The van der Waals surface area contributed by atoms with Gasteiger partial charge in [-0.05, 0) is 83.3 Å². The van der Waals surface area contributed by atoms with Crippen molar-refractivity contribution < 1.29 is 4.43 Å². The van der Waals surface area contributed by atoms with E-state index >= 15 is 0 Å². The van der Waals surface area contributed by atoms with Crippen LogP contribution in [0.15, 0.2) is 53.4 Å². The van der Waals surface area contributed by atoms with Crippen molar-refractivity contribution in [1.29, 1.82) is 0 Å². The molecular weight excluding hydrogens is 424 g/mol. The van der Waals surface area contributed by atoms with Crippen molar-refractivity contribution in [3.8, 4) is 0 Å². The molecule has 0 bridgehead atoms. The summed E-state index contributed by atoms with van der Waals surface area (Å²) in [4.78, 5) is 1.38. The summed E-state index contributed by atoms with van der Waals surface area (Å²) in [7, 11) is -1.72. The molecule has 0 atom stereocenters. The normalized spacial score (nSPS) is 13.1. The maximum Gasteiger partial charge on any atom is 0.192 e. The van der Waals surface area contributed by atoms with E-state index in [0.717, 1.165) is 25.2 Å². The van der Waals surface area contributed by atoms with E-state index in [9.17, 15) is 0 Å². The van der Waals surface area contributed by atoms with E-state index in [2.05, 4.69) is 110 Å². The predicted molar refractivity (Wildman–Crippen MR) is 147 cm³/mol. The van der Waals surface area contributed by atoms with Crippen LogP contribution in [0, 0.1) is 5.92 Å². The predicted octanol–water partition coefficient (Wildman–Crippen LogP) is 8.91. The first-order chi connectivity index (χ1) is 14.8. The molecule has 0 aliphatic rings. The number of hydrogen-bond acceptors (Lipinski definition) is 2. The van der Waals surface area contributed by atoms with Gasteiger partial charge in [-0.3, -0.25) is 0 Å². The molecule has 0 saturated carbocycles. The largest absolute Gasteiger partial charge is 0.416 e. The van der Waals surface area contributed by atoms with E-state index < -0.39 is 8.32 Å². The van der Waals surface area contributed by atoms with Gasteiger partial charge in [-0.1, -0.05) is 84.9 Å². The maximum atomic E-state index is 6.47. The zero-order chi connectivity index (χ0) is 24.0. The average Bonchev–Trinajstić information content (AvgIpc) is 2.71. The Morgan fingerprint density at radius 3 is 1.84 bits per heavy atom. The highest BCUT2D eigenvalue weighted by Crippen LogP contribution is 2.44. The first-order valence-electron chi connectivity index (χ1n) is 12.3. The molecule has 2 rings (SSSR count). The molecule has 0 amide bonds. The second-order valence-corrected chi connectivity index (χ2v) is 17.3. The second-order valence-electron chi connectivity index (χ2n) is 11.5. The van der Waals surface area contributed by atoms with Crippen LogP contribution in [0.3, 0.4) is 0 Å². The molecule has 3 heteroatoms. The molecule has 2 aromatic carbocycles. The smallest absolute Gasteiger partial charge is 0.192 e. The van der Waals surface area contributed by atoms with Gasteiger partial charge in [-0.2, -0.15) is 0 Å². The lowest BCUT2D eigenvalue weighted by Crippen LogP contribution is -2.45. The molecular formula is C29H46OSSi. The van der Waals surface area contributed by atoms with Gasteiger partial charge >= 0.3 is 0 Å². The Balaban J connectivity index is 1.73. The average molecular weight is 471 g/mol. The van der Waals surface area contributed by atoms with Crippen LogP contribution < -0.4 is 0 Å². The van der Waals surface area contributed by atoms with Gasteiger partial charge in [0.05, 0.1) is 0 Å². The quantitative estimate of drug-likeness (QED) is 0.184. The molecule has 1 nitrogen and oxygen atoms in total. The highest BCUT2D eigenvalue weighted by Gasteiger charge is 2.43. The maximum absolute atomic E-state index is 6.47. The molecule has 0 unspecified atom stereocenters. The number of benzene rings is 2. The van der Waals surface area contributed by atoms with Crippen LogP contribution in [-0.4, -0.2) is 20.7 Å². The summed E-state index contributed by atoms with van der Waals surface area (Å²) < 4.78 is 6.47. The minimum Gasteiger partial charge on any atom is -0.416 e. The van der Waals surface area contributed by atoms with Crippen LogP contribution in [0.5, 0.6) is 0 Å². The molecule has 0 N–H and O–H groups in total. The number of thioether (sulfide) groups is 1. The van der Waals surface area contributed by atoms with Crippen LogP contribution in [0.1, 0.15) is 71.6 Å². The summed E-state index contributed by atoms with van der Waals surface area (Å²) in [6.07, 6.45) is 3.36. The lowest BCUT2D eigenvalue weighted by atomic mass is 9.87. The highest BCUT2D eigenvalue weighted by molar-refractivity contribution is 7.99. The summed E-state index contributed by atoms with van der Waals surface area (Å²) in [6.45, 7) is 21.8. The van der Waals surface area contributed by atoms with Gasteiger partial charge in [-0.25, -0.2) is 0 Å². The monoisotopic (exact) mass is 470 g/mol. The van der Waals surface area contributed by atoms with Crippen LogP contribution in [0.2, 0.25) is 18.1 Å². The van der Waals surface area contributed by atoms with Gasteiger partial charge in [0, 0.05) is 11.5 Å². The Bertz CT molecular complexity index is 814. The topological polar surface area (TPSA) is 9.23 Å². The fraction of sp³-hybridized carbons (Fsp3) is 0.586. The van der Waals surface area contributed by atoms with E-state index in [0.29, 0.717) is 5.92 Å². The van der Waals surface area contributed by atoms with E-state index in [-0.39, 0.29) is 10.5 Å². The zero-order valence-electron chi connectivity index (χ0n) is 22.0. The summed E-state index contributed by atoms with van der Waals surface area (Å²) in [5, 5.41) is 0.281. The third-order valence-corrected chi connectivity index (χ3v) is 13.2. The van der Waals surface area contributed by atoms with Crippen molar-refractivity contribution in [2.24, 2.45) is 5.92 Å². The Labute approximate surface area is 203 Å². The van der Waals surface area contributed by atoms with Crippen molar-refractivity contribution in [1.82, 2.24) is 0 Å². The minimum absolute atomic E-state index is 0.226. The van der Waals surface area contributed by atoms with Crippen molar-refractivity contribution in [3.63, 3.8) is 0 Å². The minimum atomic E-state index is -1.72. The molecule has 178 valence electrons. The molecule has 0 aliphatic heterocycles. The Kier molecular flexibility index (Phi) is 9.69. The summed E-state index contributed by atoms with van der Waals surface area (Å²) in [6, 6.07) is 18.3. The fourth-order valence-electron chi connectivity index (χ4n) is 3.70. The molecule has 32 heavy (non-hydrogen) atoms. The molecule has 0 radical (unpaired) electrons. The van der Waals surface area contributed by atoms with Crippen LogP contribution in [0.4, 0.5) is 0 Å². The third-order valence-electron chi connectivity index (χ3n) is 7.47. The van der Waals surface area contributed by atoms with Crippen molar-refractivity contribution in [3.05, 3.63) is 65.2 Å². The SMILES string of the molecule is CC(C)C(C)(C)[Si](C)(C)OCCc1ccc(CCCSc2ccc(C(C)(C)C)cc2)cc1. The molecule has 0 spiro atoms. The van der Waals surface area contributed by atoms with Crippen molar-refractivity contribution in [2.45, 2.75) is 96.2 Å². The molecule has 0 aromatic heterocycles. The van der Waals surface area contributed by atoms with Crippen LogP contribution >= 0.6 is 11.8 Å². The van der Waals surface area contributed by atoms with Gasteiger partial charge in [0.2, 0.25) is 0 Å². The Morgan fingerprint density at radius 2 is 1.34 bits per heavy atom. The summed E-state index contributed by atoms with van der Waals surface area (Å²) >= 11 is 1.97. The van der Waals surface area contributed by atoms with Crippen LogP contribution in [0.25, 0.3) is 0 Å². The first kappa shape index (κ1) is 27.2. The van der Waals surface area contributed by atoms with Gasteiger partial charge in [0.1, 0.15) is 0 Å². The van der Waals surface area contributed by atoms with E-state index in [1.807, 2.05) is 11.8 Å². The molecule has 0 saturated heterocycles. The van der Waals surface area contributed by atoms with Crippen LogP contribution in [-0.2, 0) is 22.7 Å². The third kappa shape index (κ3) is 7.78. The zero-order valence-corrected chi connectivity index (χ0v) is 23.9. The van der Waals surface area contributed by atoms with Crippen molar-refractivity contribution >= 4 is 20.1 Å². The van der Waals surface area contributed by atoms with E-state index in [1.165, 1.54) is 28.0 Å². The second kappa shape index (κ2) is 11.4. The van der Waals surface area contributed by atoms with Gasteiger partial charge in [0.25, 0.3) is 0 Å². The summed E-state index contributed by atoms with van der Waals surface area (Å²) in [5.74, 6) is 1.81. The molecule has 0 fully saturated rings. The fourth-order valence-corrected chi connectivity index (χ4v) is 6.92. The molecule has 0 aliphatic carbocycles. The lowest BCUT2D eigenvalue weighted by molar-refractivity contribution is 0.270. The summed E-state index contributed by atoms with van der Waals surface area (Å²) in [5.41, 5.74) is 4.45. The highest BCUT2D eigenvalue weighted by atomic mass is 32.2. The Morgan fingerprint density at radius 1 is 0.812 bits per heavy atom. The number of rotatable bonds is 11. The lowest BCUT2D eigenvalue weighted by Gasteiger charge is -2.42. The number of hydrogen-bond donors (Lipinski definition) is 0. The first-order valence-corrected chi connectivity index (χ1v) is 16.2. The van der Waals surface area contributed by atoms with E-state index in [1.54, 1.807) is 0 Å². The van der Waals surface area contributed by atoms with E-state index in [4.69, 9.17) is 4.43 Å².